The van der Waals surface area contributed by atoms with Crippen molar-refractivity contribution in [2.45, 2.75) is 26.3 Å². The van der Waals surface area contributed by atoms with Crippen molar-refractivity contribution in [2.24, 2.45) is 7.05 Å². The van der Waals surface area contributed by atoms with E-state index in [1.54, 1.807) is 0 Å². The van der Waals surface area contributed by atoms with Gasteiger partial charge in [-0.15, -0.1) is 0 Å². The molecule has 2 aromatic heterocycles. The van der Waals surface area contributed by atoms with Gasteiger partial charge < -0.3 is 5.32 Å². The third kappa shape index (κ3) is 3.13. The van der Waals surface area contributed by atoms with Crippen molar-refractivity contribution < 1.29 is 0 Å². The molecule has 0 aliphatic rings. The molecule has 0 amide bonds. The molecule has 5 heteroatoms. The van der Waals surface area contributed by atoms with Crippen LogP contribution in [0.2, 0.25) is 0 Å². The fourth-order valence-electron chi connectivity index (χ4n) is 1.86. The topological polar surface area (TPSA) is 55.6 Å². The highest BCUT2D eigenvalue weighted by molar-refractivity contribution is 5.09. The molecule has 0 radical (unpaired) electrons. The SMILES string of the molecule is CCNC(Cc1ccn(C)n1)c1ncc(C)cn1. The molecule has 2 rings (SSSR count). The Bertz CT molecular complexity index is 488. The standard InChI is InChI=1S/C13H19N5/c1-4-14-12(7-11-5-6-18(3)17-11)13-15-8-10(2)9-16-13/h5-6,8-9,12,14H,4,7H2,1-3H3. The Kier molecular flexibility index (Phi) is 4.04. The summed E-state index contributed by atoms with van der Waals surface area (Å²) >= 11 is 0. The van der Waals surface area contributed by atoms with Crippen molar-refractivity contribution in [3.63, 3.8) is 0 Å². The van der Waals surface area contributed by atoms with E-state index in [1.807, 2.05) is 43.3 Å². The minimum absolute atomic E-state index is 0.116. The molecule has 1 N–H and O–H groups in total. The number of aromatic nitrogens is 4. The molecule has 0 aliphatic heterocycles. The van der Waals surface area contributed by atoms with Crippen LogP contribution in [0.5, 0.6) is 0 Å². The summed E-state index contributed by atoms with van der Waals surface area (Å²) < 4.78 is 1.81. The van der Waals surface area contributed by atoms with Gasteiger partial charge in [0.25, 0.3) is 0 Å². The molecule has 0 spiro atoms. The maximum atomic E-state index is 4.40. The monoisotopic (exact) mass is 245 g/mol. The van der Waals surface area contributed by atoms with Gasteiger partial charge in [0.2, 0.25) is 0 Å². The van der Waals surface area contributed by atoms with E-state index in [0.29, 0.717) is 0 Å². The van der Waals surface area contributed by atoms with Crippen molar-refractivity contribution in [3.05, 3.63) is 41.7 Å². The van der Waals surface area contributed by atoms with E-state index in [4.69, 9.17) is 0 Å². The van der Waals surface area contributed by atoms with Crippen molar-refractivity contribution in [1.29, 1.82) is 0 Å². The summed E-state index contributed by atoms with van der Waals surface area (Å²) in [7, 11) is 1.92. The van der Waals surface area contributed by atoms with Gasteiger partial charge >= 0.3 is 0 Å². The van der Waals surface area contributed by atoms with Gasteiger partial charge in [-0.25, -0.2) is 9.97 Å². The van der Waals surface area contributed by atoms with Crippen LogP contribution in [0.3, 0.4) is 0 Å². The summed E-state index contributed by atoms with van der Waals surface area (Å²) in [6.45, 7) is 4.96. The van der Waals surface area contributed by atoms with Crippen LogP contribution in [0.1, 0.15) is 30.0 Å². The van der Waals surface area contributed by atoms with E-state index < -0.39 is 0 Å². The lowest BCUT2D eigenvalue weighted by Gasteiger charge is -2.15. The van der Waals surface area contributed by atoms with Crippen molar-refractivity contribution >= 4 is 0 Å². The summed E-state index contributed by atoms with van der Waals surface area (Å²) in [5.41, 5.74) is 2.12. The van der Waals surface area contributed by atoms with E-state index in [1.165, 1.54) is 0 Å². The molecule has 0 bridgehead atoms. The molecule has 2 heterocycles. The summed E-state index contributed by atoms with van der Waals surface area (Å²) in [6.07, 6.45) is 6.46. The van der Waals surface area contributed by atoms with Gasteiger partial charge in [0.1, 0.15) is 5.82 Å². The van der Waals surface area contributed by atoms with Gasteiger partial charge in [-0.3, -0.25) is 4.68 Å². The first-order valence-corrected chi connectivity index (χ1v) is 6.19. The second kappa shape index (κ2) is 5.73. The average molecular weight is 245 g/mol. The zero-order chi connectivity index (χ0) is 13.0. The first kappa shape index (κ1) is 12.7. The fraction of sp³-hybridized carbons (Fsp3) is 0.462. The Morgan fingerprint density at radius 1 is 1.33 bits per heavy atom. The maximum absolute atomic E-state index is 4.40. The zero-order valence-electron chi connectivity index (χ0n) is 11.1. The predicted molar refractivity (Wildman–Crippen MR) is 70.1 cm³/mol. The Hall–Kier alpha value is -1.75. The summed E-state index contributed by atoms with van der Waals surface area (Å²) in [5, 5.41) is 7.80. The summed E-state index contributed by atoms with van der Waals surface area (Å²) in [6, 6.07) is 2.14. The lowest BCUT2D eigenvalue weighted by Crippen LogP contribution is -2.25. The molecule has 5 nitrogen and oxygen atoms in total. The van der Waals surface area contributed by atoms with Crippen LogP contribution in [-0.4, -0.2) is 26.3 Å². The minimum atomic E-state index is 0.116. The average Bonchev–Trinajstić information content (AvgIpc) is 2.75. The third-order valence-electron chi connectivity index (χ3n) is 2.75. The number of aryl methyl sites for hydroxylation is 2. The quantitative estimate of drug-likeness (QED) is 0.865. The predicted octanol–water partition coefficient (Wildman–Crippen LogP) is 1.41. The van der Waals surface area contributed by atoms with E-state index >= 15 is 0 Å². The van der Waals surface area contributed by atoms with Crippen LogP contribution in [0.4, 0.5) is 0 Å². The molecule has 0 aliphatic carbocycles. The highest BCUT2D eigenvalue weighted by Crippen LogP contribution is 2.13. The largest absolute Gasteiger partial charge is 0.307 e. The van der Waals surface area contributed by atoms with Gasteiger partial charge in [0.15, 0.2) is 0 Å². The Morgan fingerprint density at radius 3 is 2.61 bits per heavy atom. The van der Waals surface area contributed by atoms with Gasteiger partial charge in [-0.2, -0.15) is 5.10 Å². The lowest BCUT2D eigenvalue weighted by molar-refractivity contribution is 0.512. The van der Waals surface area contributed by atoms with E-state index in [0.717, 1.165) is 30.0 Å². The smallest absolute Gasteiger partial charge is 0.145 e. The molecular formula is C13H19N5. The normalized spacial score (nSPS) is 12.6. The second-order valence-electron chi connectivity index (χ2n) is 4.41. The Labute approximate surface area is 107 Å². The fourth-order valence-corrected chi connectivity index (χ4v) is 1.86. The number of nitrogens with one attached hydrogen (secondary N) is 1. The Balaban J connectivity index is 2.14. The highest BCUT2D eigenvalue weighted by atomic mass is 15.2. The number of likely N-dealkylation sites (N-methyl/N-ethyl adjacent to an activating group) is 1. The molecule has 18 heavy (non-hydrogen) atoms. The maximum Gasteiger partial charge on any atom is 0.145 e. The van der Waals surface area contributed by atoms with Crippen LogP contribution in [-0.2, 0) is 13.5 Å². The van der Waals surface area contributed by atoms with Gasteiger partial charge in [-0.1, -0.05) is 6.92 Å². The number of rotatable bonds is 5. The first-order chi connectivity index (χ1) is 8.69. The molecule has 0 fully saturated rings. The number of nitrogens with zero attached hydrogens (tertiary/aromatic N) is 4. The third-order valence-corrected chi connectivity index (χ3v) is 2.75. The van der Waals surface area contributed by atoms with Crippen LogP contribution >= 0.6 is 0 Å². The molecule has 0 saturated carbocycles. The van der Waals surface area contributed by atoms with Crippen LogP contribution in [0.15, 0.2) is 24.7 Å². The molecule has 0 saturated heterocycles. The van der Waals surface area contributed by atoms with Crippen LogP contribution in [0.25, 0.3) is 0 Å². The molecule has 2 aromatic rings. The number of hydrogen-bond donors (Lipinski definition) is 1. The molecule has 96 valence electrons. The first-order valence-electron chi connectivity index (χ1n) is 6.19. The van der Waals surface area contributed by atoms with Crippen molar-refractivity contribution in [1.82, 2.24) is 25.1 Å². The van der Waals surface area contributed by atoms with E-state index in [2.05, 4.69) is 27.3 Å². The van der Waals surface area contributed by atoms with Crippen molar-refractivity contribution in [2.75, 3.05) is 6.54 Å². The highest BCUT2D eigenvalue weighted by Gasteiger charge is 2.15. The van der Waals surface area contributed by atoms with E-state index in [-0.39, 0.29) is 6.04 Å². The van der Waals surface area contributed by atoms with E-state index in [9.17, 15) is 0 Å². The molecule has 1 unspecified atom stereocenters. The summed E-state index contributed by atoms with van der Waals surface area (Å²) in [4.78, 5) is 8.78. The molecule has 0 aromatic carbocycles. The minimum Gasteiger partial charge on any atom is -0.307 e. The van der Waals surface area contributed by atoms with Gasteiger partial charge in [-0.05, 0) is 25.1 Å². The zero-order valence-corrected chi connectivity index (χ0v) is 11.1. The second-order valence-corrected chi connectivity index (χ2v) is 4.41. The van der Waals surface area contributed by atoms with Gasteiger partial charge in [0.05, 0.1) is 11.7 Å². The number of hydrogen-bond acceptors (Lipinski definition) is 4. The summed E-state index contributed by atoms with van der Waals surface area (Å²) in [5.74, 6) is 0.827. The van der Waals surface area contributed by atoms with Crippen LogP contribution in [0, 0.1) is 6.92 Å². The molecular weight excluding hydrogens is 226 g/mol. The molecule has 1 atom stereocenters. The Morgan fingerprint density at radius 2 is 2.06 bits per heavy atom. The van der Waals surface area contributed by atoms with Gasteiger partial charge in [0, 0.05) is 32.1 Å². The van der Waals surface area contributed by atoms with Crippen molar-refractivity contribution in [3.8, 4) is 0 Å². The van der Waals surface area contributed by atoms with Crippen LogP contribution < -0.4 is 5.32 Å². The lowest BCUT2D eigenvalue weighted by atomic mass is 10.1.